The van der Waals surface area contributed by atoms with Gasteiger partial charge in [-0.1, -0.05) is 42.0 Å². The van der Waals surface area contributed by atoms with Gasteiger partial charge >= 0.3 is 0 Å². The van der Waals surface area contributed by atoms with E-state index >= 15 is 0 Å². The molecule has 3 aromatic carbocycles. The van der Waals surface area contributed by atoms with Crippen molar-refractivity contribution in [2.45, 2.75) is 19.9 Å². The Kier molecular flexibility index (Phi) is 7.70. The minimum absolute atomic E-state index is 0.132. The minimum atomic E-state index is -2.99. The molecule has 0 fully saturated rings. The van der Waals surface area contributed by atoms with E-state index in [0.29, 0.717) is 18.9 Å². The van der Waals surface area contributed by atoms with Gasteiger partial charge < -0.3 is 20.1 Å². The number of fused-ring (bicyclic) bond motifs is 1. The van der Waals surface area contributed by atoms with E-state index in [0.717, 1.165) is 39.7 Å². The van der Waals surface area contributed by atoms with E-state index in [2.05, 4.69) is 69.6 Å². The van der Waals surface area contributed by atoms with E-state index in [1.54, 1.807) is 6.20 Å². The molecular formula is C30H33N7O2S. The Hall–Kier alpha value is -4.44. The summed E-state index contributed by atoms with van der Waals surface area (Å²) in [6, 6.07) is 24.1. The first-order chi connectivity index (χ1) is 19.1. The Morgan fingerprint density at radius 1 is 0.925 bits per heavy atom. The van der Waals surface area contributed by atoms with Crippen LogP contribution in [0.5, 0.6) is 0 Å². The van der Waals surface area contributed by atoms with Gasteiger partial charge in [0.2, 0.25) is 11.9 Å². The zero-order valence-electron chi connectivity index (χ0n) is 23.1. The topological polar surface area (TPSA) is 105 Å². The highest BCUT2D eigenvalue weighted by Gasteiger charge is 2.13. The number of aryl methyl sites for hydroxylation is 3. The Morgan fingerprint density at radius 3 is 2.38 bits per heavy atom. The summed E-state index contributed by atoms with van der Waals surface area (Å²) in [5, 5.41) is 6.68. The third-order valence-corrected chi connectivity index (χ3v) is 7.72. The minimum Gasteiger partial charge on any atom is -0.352 e. The first-order valence-corrected chi connectivity index (χ1v) is 15.1. The van der Waals surface area contributed by atoms with Crippen LogP contribution in [0.4, 0.5) is 29.1 Å². The normalized spacial score (nSPS) is 11.5. The number of anilines is 5. The summed E-state index contributed by atoms with van der Waals surface area (Å²) in [6.07, 6.45) is 3.45. The van der Waals surface area contributed by atoms with E-state index in [-0.39, 0.29) is 5.75 Å². The SMILES string of the molecule is Cc1ccc(CNc2nc3cc(N(C)c4ccnc(Nc5ccc(CCS(C)(=O)=O)cc5)n4)ccc3n2C)cc1. The number of nitrogens with zero attached hydrogens (tertiary/aromatic N) is 5. The fourth-order valence-electron chi connectivity index (χ4n) is 4.36. The molecule has 206 valence electrons. The van der Waals surface area contributed by atoms with E-state index in [4.69, 9.17) is 9.97 Å². The molecule has 0 bridgehead atoms. The second kappa shape index (κ2) is 11.4. The summed E-state index contributed by atoms with van der Waals surface area (Å²) >= 11 is 0. The predicted octanol–water partition coefficient (Wildman–Crippen LogP) is 5.38. The van der Waals surface area contributed by atoms with Crippen LogP contribution in [0, 0.1) is 6.92 Å². The summed E-state index contributed by atoms with van der Waals surface area (Å²) in [4.78, 5) is 15.9. The molecule has 0 spiro atoms. The zero-order valence-corrected chi connectivity index (χ0v) is 23.9. The third-order valence-electron chi connectivity index (χ3n) is 6.78. The lowest BCUT2D eigenvalue weighted by Crippen LogP contribution is -2.12. The number of hydrogen-bond donors (Lipinski definition) is 2. The Morgan fingerprint density at radius 2 is 1.65 bits per heavy atom. The summed E-state index contributed by atoms with van der Waals surface area (Å²) < 4.78 is 24.9. The molecule has 0 aliphatic carbocycles. The first-order valence-electron chi connectivity index (χ1n) is 13.0. The molecule has 2 aromatic heterocycles. The van der Waals surface area contributed by atoms with Crippen LogP contribution in [-0.2, 0) is 29.9 Å². The second-order valence-corrected chi connectivity index (χ2v) is 12.3. The molecule has 0 saturated carbocycles. The van der Waals surface area contributed by atoms with Gasteiger partial charge in [0.05, 0.1) is 16.8 Å². The highest BCUT2D eigenvalue weighted by atomic mass is 32.2. The fourth-order valence-corrected chi connectivity index (χ4v) is 4.96. The number of imidazole rings is 1. The first kappa shape index (κ1) is 27.1. The largest absolute Gasteiger partial charge is 0.352 e. The zero-order chi connectivity index (χ0) is 28.3. The number of rotatable bonds is 10. The standard InChI is InChI=1S/C30H33N7O2S/c1-21-5-7-23(8-6-21)20-32-30-34-26-19-25(13-14-27(26)37(30)3)36(2)28-15-17-31-29(35-28)33-24-11-9-22(10-12-24)16-18-40(4,38)39/h5-15,17,19H,16,18,20H2,1-4H3,(H,32,34)(H,31,33,35). The van der Waals surface area contributed by atoms with Crippen LogP contribution in [0.2, 0.25) is 0 Å². The molecule has 2 N–H and O–H groups in total. The van der Waals surface area contributed by atoms with Crippen molar-refractivity contribution in [3.05, 3.63) is 95.7 Å². The van der Waals surface area contributed by atoms with Crippen molar-refractivity contribution in [2.75, 3.05) is 34.6 Å². The van der Waals surface area contributed by atoms with Gasteiger partial charge in [-0.2, -0.15) is 4.98 Å². The van der Waals surface area contributed by atoms with Crippen molar-refractivity contribution < 1.29 is 8.42 Å². The summed E-state index contributed by atoms with van der Waals surface area (Å²) in [7, 11) is 0.979. The van der Waals surface area contributed by atoms with Crippen LogP contribution >= 0.6 is 0 Å². The molecule has 0 amide bonds. The molecule has 5 aromatic rings. The smallest absolute Gasteiger partial charge is 0.229 e. The molecule has 0 atom stereocenters. The van der Waals surface area contributed by atoms with Crippen LogP contribution < -0.4 is 15.5 Å². The third kappa shape index (κ3) is 6.58. The predicted molar refractivity (Wildman–Crippen MR) is 162 cm³/mol. The van der Waals surface area contributed by atoms with Crippen LogP contribution in [0.3, 0.4) is 0 Å². The Bertz CT molecular complexity index is 1730. The van der Waals surface area contributed by atoms with E-state index in [9.17, 15) is 8.42 Å². The van der Waals surface area contributed by atoms with E-state index < -0.39 is 9.84 Å². The van der Waals surface area contributed by atoms with E-state index in [1.165, 1.54) is 17.4 Å². The Balaban J connectivity index is 1.28. The van der Waals surface area contributed by atoms with Gasteiger partial charge in [0.25, 0.3) is 0 Å². The summed E-state index contributed by atoms with van der Waals surface area (Å²) in [6.45, 7) is 2.78. The van der Waals surface area contributed by atoms with Gasteiger partial charge in [0.15, 0.2) is 0 Å². The highest BCUT2D eigenvalue weighted by Crippen LogP contribution is 2.28. The average Bonchev–Trinajstić information content (AvgIpc) is 3.26. The molecule has 0 radical (unpaired) electrons. The lowest BCUT2D eigenvalue weighted by molar-refractivity contribution is 0.601. The van der Waals surface area contributed by atoms with Crippen LogP contribution in [0.1, 0.15) is 16.7 Å². The lowest BCUT2D eigenvalue weighted by Gasteiger charge is -2.19. The monoisotopic (exact) mass is 555 g/mol. The molecule has 9 nitrogen and oxygen atoms in total. The molecule has 40 heavy (non-hydrogen) atoms. The molecule has 0 unspecified atom stereocenters. The van der Waals surface area contributed by atoms with Gasteiger partial charge in [0.1, 0.15) is 15.7 Å². The van der Waals surface area contributed by atoms with Crippen molar-refractivity contribution in [3.63, 3.8) is 0 Å². The van der Waals surface area contributed by atoms with Crippen LogP contribution in [0.25, 0.3) is 11.0 Å². The van der Waals surface area contributed by atoms with Crippen molar-refractivity contribution in [1.29, 1.82) is 0 Å². The molecule has 5 rings (SSSR count). The van der Waals surface area contributed by atoms with E-state index in [1.807, 2.05) is 49.3 Å². The van der Waals surface area contributed by atoms with Gasteiger partial charge in [-0.05, 0) is 60.9 Å². The van der Waals surface area contributed by atoms with Crippen molar-refractivity contribution in [3.8, 4) is 0 Å². The van der Waals surface area contributed by atoms with Crippen molar-refractivity contribution in [1.82, 2.24) is 19.5 Å². The van der Waals surface area contributed by atoms with Crippen LogP contribution in [0.15, 0.2) is 79.0 Å². The number of sulfone groups is 1. The van der Waals surface area contributed by atoms with Crippen molar-refractivity contribution >= 4 is 50.0 Å². The van der Waals surface area contributed by atoms with Gasteiger partial charge in [-0.3, -0.25) is 0 Å². The maximum atomic E-state index is 11.4. The van der Waals surface area contributed by atoms with Crippen molar-refractivity contribution in [2.24, 2.45) is 7.05 Å². The molecule has 0 aliphatic heterocycles. The molecular weight excluding hydrogens is 522 g/mol. The summed E-state index contributed by atoms with van der Waals surface area (Å²) in [5.74, 6) is 2.14. The number of nitrogens with one attached hydrogen (secondary N) is 2. The van der Waals surface area contributed by atoms with Gasteiger partial charge in [0, 0.05) is 44.5 Å². The molecule has 10 heteroatoms. The Labute approximate surface area is 234 Å². The average molecular weight is 556 g/mol. The van der Waals surface area contributed by atoms with Gasteiger partial charge in [-0.25, -0.2) is 18.4 Å². The fraction of sp³-hybridized carbons (Fsp3) is 0.233. The maximum Gasteiger partial charge on any atom is 0.229 e. The van der Waals surface area contributed by atoms with Crippen LogP contribution in [-0.4, -0.2) is 47.0 Å². The van der Waals surface area contributed by atoms with Gasteiger partial charge in [-0.15, -0.1) is 0 Å². The molecule has 2 heterocycles. The molecule has 0 aliphatic rings. The maximum absolute atomic E-state index is 11.4. The quantitative estimate of drug-likeness (QED) is 0.237. The molecule has 0 saturated heterocycles. The second-order valence-electron chi connectivity index (χ2n) is 10.0. The number of benzene rings is 3. The summed E-state index contributed by atoms with van der Waals surface area (Å²) in [5.41, 5.74) is 7.11. The number of aromatic nitrogens is 4. The number of hydrogen-bond acceptors (Lipinski definition) is 8. The lowest BCUT2D eigenvalue weighted by atomic mass is 10.1. The highest BCUT2D eigenvalue weighted by molar-refractivity contribution is 7.90.